The van der Waals surface area contributed by atoms with E-state index >= 15 is 0 Å². The summed E-state index contributed by atoms with van der Waals surface area (Å²) in [5, 5.41) is 0. The molecule has 0 N–H and O–H groups in total. The Labute approximate surface area is 129 Å². The van der Waals surface area contributed by atoms with Crippen LogP contribution in [0.5, 0.6) is 5.75 Å². The Balaban J connectivity index is 1.78. The van der Waals surface area contributed by atoms with Crippen LogP contribution in [0.3, 0.4) is 0 Å². The van der Waals surface area contributed by atoms with Crippen LogP contribution in [0, 0.1) is 0 Å². The summed E-state index contributed by atoms with van der Waals surface area (Å²) < 4.78 is 17.4. The van der Waals surface area contributed by atoms with E-state index in [1.165, 1.54) is 11.6 Å². The summed E-state index contributed by atoms with van der Waals surface area (Å²) in [4.78, 5) is 12.9. The zero-order valence-corrected chi connectivity index (χ0v) is 13.6. The molecule has 6 heteroatoms. The molecule has 0 aliphatic carbocycles. The predicted molar refractivity (Wildman–Crippen MR) is 82.8 cm³/mol. The topological polar surface area (TPSA) is 44.8 Å². The van der Waals surface area contributed by atoms with Crippen molar-refractivity contribution in [3.8, 4) is 5.75 Å². The number of hydrogen-bond donors (Lipinski definition) is 0. The van der Waals surface area contributed by atoms with E-state index in [2.05, 4.69) is 0 Å². The quantitative estimate of drug-likeness (QED) is 0.784. The number of ether oxygens (including phenoxy) is 1. The van der Waals surface area contributed by atoms with Crippen molar-refractivity contribution in [3.05, 3.63) is 23.8 Å². The maximum atomic E-state index is 11.9. The second kappa shape index (κ2) is 5.04. The fourth-order valence-electron chi connectivity index (χ4n) is 2.26. The third-order valence-corrected chi connectivity index (χ3v) is 5.21. The number of hydrogen-bond acceptors (Lipinski definition) is 5. The molecule has 1 aromatic carbocycles. The van der Waals surface area contributed by atoms with Gasteiger partial charge in [0, 0.05) is 11.3 Å². The van der Waals surface area contributed by atoms with Gasteiger partial charge in [0.25, 0.3) is 0 Å². The van der Waals surface area contributed by atoms with Gasteiger partial charge < -0.3 is 14.0 Å². The zero-order valence-electron chi connectivity index (χ0n) is 12.8. The monoisotopic (exact) mass is 306 g/mol. The number of carbonyl (C=O) groups excluding carboxylic acids is 1. The SMILES string of the molecule is CC1(C)OB(Sc2ccc3c(c2)C(=O)CCO3)OC1(C)C. The van der Waals surface area contributed by atoms with Gasteiger partial charge in [-0.05, 0) is 45.9 Å². The highest BCUT2D eigenvalue weighted by molar-refractivity contribution is 8.24. The van der Waals surface area contributed by atoms with Gasteiger partial charge in [-0.15, -0.1) is 11.6 Å². The van der Waals surface area contributed by atoms with E-state index in [1.54, 1.807) is 0 Å². The van der Waals surface area contributed by atoms with Gasteiger partial charge in [0.05, 0.1) is 23.4 Å². The molecular formula is C15H19BO4S. The van der Waals surface area contributed by atoms with Crippen molar-refractivity contribution in [2.75, 3.05) is 6.61 Å². The van der Waals surface area contributed by atoms with Crippen molar-refractivity contribution in [2.24, 2.45) is 0 Å². The lowest BCUT2D eigenvalue weighted by Crippen LogP contribution is -2.41. The number of Topliss-reactive ketones (excluding diaryl/α,β-unsaturated/α-hetero) is 1. The molecule has 112 valence electrons. The van der Waals surface area contributed by atoms with Gasteiger partial charge in [-0.3, -0.25) is 4.79 Å². The molecule has 2 aliphatic rings. The summed E-state index contributed by atoms with van der Waals surface area (Å²) in [5.41, 5.74) is -0.0435. The summed E-state index contributed by atoms with van der Waals surface area (Å²) >= 11 is 1.48. The average Bonchev–Trinajstić information content (AvgIpc) is 2.58. The molecule has 1 aromatic rings. The van der Waals surface area contributed by atoms with Crippen molar-refractivity contribution in [1.29, 1.82) is 0 Å². The molecule has 4 nitrogen and oxygen atoms in total. The number of benzene rings is 1. The lowest BCUT2D eigenvalue weighted by molar-refractivity contribution is 0.00578. The molecule has 1 saturated heterocycles. The first-order chi connectivity index (χ1) is 9.78. The molecule has 0 atom stereocenters. The van der Waals surface area contributed by atoms with Crippen LogP contribution in [0.15, 0.2) is 23.1 Å². The van der Waals surface area contributed by atoms with Gasteiger partial charge >= 0.3 is 6.40 Å². The molecule has 2 aliphatic heterocycles. The summed E-state index contributed by atoms with van der Waals surface area (Å²) in [6.07, 6.45) is 0.0742. The second-order valence-electron chi connectivity index (χ2n) is 6.34. The zero-order chi connectivity index (χ0) is 15.3. The summed E-state index contributed by atoms with van der Waals surface area (Å²) in [6, 6.07) is 5.65. The van der Waals surface area contributed by atoms with Gasteiger partial charge in [0.1, 0.15) is 5.75 Å². The smallest absolute Gasteiger partial charge is 0.492 e. The maximum absolute atomic E-state index is 11.9. The Bertz CT molecular complexity index is 569. The fraction of sp³-hybridized carbons (Fsp3) is 0.533. The molecule has 0 bridgehead atoms. The Morgan fingerprint density at radius 1 is 1.14 bits per heavy atom. The van der Waals surface area contributed by atoms with Gasteiger partial charge in [-0.2, -0.15) is 0 Å². The Hall–Kier alpha value is -0.975. The van der Waals surface area contributed by atoms with Gasteiger partial charge in [0.15, 0.2) is 5.78 Å². The Morgan fingerprint density at radius 2 is 1.81 bits per heavy atom. The summed E-state index contributed by atoms with van der Waals surface area (Å²) in [5.74, 6) is 0.803. The highest BCUT2D eigenvalue weighted by atomic mass is 32.2. The van der Waals surface area contributed by atoms with Crippen LogP contribution in [0.1, 0.15) is 44.5 Å². The molecule has 0 saturated carbocycles. The number of carbonyl (C=O) groups is 1. The first-order valence-corrected chi connectivity index (χ1v) is 7.99. The number of rotatable bonds is 2. The van der Waals surface area contributed by atoms with E-state index in [1.807, 2.05) is 45.9 Å². The van der Waals surface area contributed by atoms with Gasteiger partial charge in [-0.1, -0.05) is 0 Å². The first-order valence-electron chi connectivity index (χ1n) is 7.11. The van der Waals surface area contributed by atoms with Crippen LogP contribution >= 0.6 is 11.6 Å². The van der Waals surface area contributed by atoms with E-state index in [4.69, 9.17) is 14.0 Å². The van der Waals surface area contributed by atoms with E-state index in [9.17, 15) is 4.79 Å². The van der Waals surface area contributed by atoms with E-state index in [0.29, 0.717) is 24.3 Å². The molecule has 0 radical (unpaired) electrons. The number of fused-ring (bicyclic) bond motifs is 1. The minimum atomic E-state index is -0.368. The molecule has 3 rings (SSSR count). The van der Waals surface area contributed by atoms with Crippen molar-refractivity contribution < 1.29 is 18.8 Å². The van der Waals surface area contributed by atoms with E-state index in [-0.39, 0.29) is 23.4 Å². The minimum Gasteiger partial charge on any atom is -0.492 e. The standard InChI is InChI=1S/C15H19BO4S/c1-14(2)15(3,4)20-16(19-14)21-10-5-6-13-11(9-10)12(17)7-8-18-13/h5-6,9H,7-8H2,1-4H3. The average molecular weight is 306 g/mol. The van der Waals surface area contributed by atoms with Crippen LogP contribution in [-0.2, 0) is 9.31 Å². The molecule has 21 heavy (non-hydrogen) atoms. The third kappa shape index (κ3) is 2.72. The molecule has 1 fully saturated rings. The Kier molecular flexibility index (Phi) is 3.58. The molecule has 0 spiro atoms. The largest absolute Gasteiger partial charge is 0.537 e. The Morgan fingerprint density at radius 3 is 2.48 bits per heavy atom. The van der Waals surface area contributed by atoms with Crippen LogP contribution in [-0.4, -0.2) is 30.0 Å². The van der Waals surface area contributed by atoms with Crippen molar-refractivity contribution in [3.63, 3.8) is 0 Å². The van der Waals surface area contributed by atoms with E-state index in [0.717, 1.165) is 4.90 Å². The van der Waals surface area contributed by atoms with Crippen LogP contribution in [0.4, 0.5) is 0 Å². The van der Waals surface area contributed by atoms with Gasteiger partial charge in [-0.25, -0.2) is 0 Å². The highest BCUT2D eigenvalue weighted by Gasteiger charge is 2.51. The molecule has 0 amide bonds. The first kappa shape index (κ1) is 14.9. The minimum absolute atomic E-state index is 0.132. The lowest BCUT2D eigenvalue weighted by Gasteiger charge is -2.32. The maximum Gasteiger partial charge on any atom is 0.537 e. The molecule has 0 unspecified atom stereocenters. The van der Waals surface area contributed by atoms with Gasteiger partial charge in [0.2, 0.25) is 0 Å². The normalized spacial score (nSPS) is 22.9. The number of ketones is 1. The van der Waals surface area contributed by atoms with Crippen LogP contribution in [0.2, 0.25) is 0 Å². The highest BCUT2D eigenvalue weighted by Crippen LogP contribution is 2.42. The fourth-order valence-corrected chi connectivity index (χ4v) is 3.39. The van der Waals surface area contributed by atoms with Crippen LogP contribution < -0.4 is 4.74 Å². The van der Waals surface area contributed by atoms with Crippen LogP contribution in [0.25, 0.3) is 0 Å². The van der Waals surface area contributed by atoms with Crippen molar-refractivity contribution in [1.82, 2.24) is 0 Å². The predicted octanol–water partition coefficient (Wildman–Crippen LogP) is 3.33. The summed E-state index contributed by atoms with van der Waals surface area (Å²) in [7, 11) is 0. The second-order valence-corrected chi connectivity index (χ2v) is 7.43. The molecule has 2 heterocycles. The van der Waals surface area contributed by atoms with E-state index < -0.39 is 0 Å². The third-order valence-electron chi connectivity index (χ3n) is 4.30. The van der Waals surface area contributed by atoms with Crippen molar-refractivity contribution in [2.45, 2.75) is 50.2 Å². The lowest BCUT2D eigenvalue weighted by atomic mass is 9.90. The molecular weight excluding hydrogens is 287 g/mol. The molecule has 0 aromatic heterocycles. The summed E-state index contributed by atoms with van der Waals surface area (Å²) in [6.45, 7) is 8.57. The van der Waals surface area contributed by atoms with Crippen molar-refractivity contribution >= 4 is 23.8 Å².